The van der Waals surface area contributed by atoms with Crippen LogP contribution in [0.3, 0.4) is 0 Å². The van der Waals surface area contributed by atoms with Crippen LogP contribution in [0.4, 0.5) is 0 Å². The fourth-order valence-corrected chi connectivity index (χ4v) is 1.89. The van der Waals surface area contributed by atoms with Gasteiger partial charge in [0.15, 0.2) is 0 Å². The van der Waals surface area contributed by atoms with Crippen molar-refractivity contribution in [2.45, 2.75) is 19.4 Å². The van der Waals surface area contributed by atoms with Gasteiger partial charge in [0.05, 0.1) is 0 Å². The number of rotatable bonds is 1. The van der Waals surface area contributed by atoms with E-state index < -0.39 is 0 Å². The molecule has 1 aliphatic heterocycles. The van der Waals surface area contributed by atoms with E-state index in [1.54, 1.807) is 0 Å². The molecule has 0 amide bonds. The van der Waals surface area contributed by atoms with Gasteiger partial charge in [-0.3, -0.25) is 0 Å². The molecule has 0 atom stereocenters. The Kier molecular flexibility index (Phi) is 3.71. The van der Waals surface area contributed by atoms with E-state index in [9.17, 15) is 0 Å². The Hall–Kier alpha value is -0.910. The molecule has 0 fully saturated rings. The first-order valence-corrected chi connectivity index (χ1v) is 5.95. The minimum absolute atomic E-state index is 0.833. The van der Waals surface area contributed by atoms with E-state index in [2.05, 4.69) is 48.0 Å². The minimum atomic E-state index is 0.833. The average Bonchev–Trinajstić information content (AvgIpc) is 2.29. The normalized spacial score (nSPS) is 13.9. The molecule has 1 aromatic rings. The summed E-state index contributed by atoms with van der Waals surface area (Å²) < 4.78 is 0. The Labute approximate surface area is 96.7 Å². The Morgan fingerprint density at radius 3 is 3.13 bits per heavy atom. The lowest BCUT2D eigenvalue weighted by atomic mass is 9.99. The van der Waals surface area contributed by atoms with E-state index in [-0.39, 0.29) is 0 Å². The maximum absolute atomic E-state index is 4.13. The molecule has 1 heterocycles. The molecule has 78 valence electrons. The molecular formula is C13H15NS. The lowest BCUT2D eigenvalue weighted by Crippen LogP contribution is -2.23. The third-order valence-corrected chi connectivity index (χ3v) is 2.79. The predicted molar refractivity (Wildman–Crippen MR) is 67.2 cm³/mol. The third kappa shape index (κ3) is 2.77. The lowest BCUT2D eigenvalue weighted by molar-refractivity contribution is 0.643. The van der Waals surface area contributed by atoms with Gasteiger partial charge in [0.1, 0.15) is 0 Å². The van der Waals surface area contributed by atoms with Crippen molar-refractivity contribution < 1.29 is 0 Å². The minimum Gasteiger partial charge on any atom is -0.312 e. The van der Waals surface area contributed by atoms with Crippen molar-refractivity contribution in [3.8, 4) is 11.8 Å². The number of thiol groups is 1. The van der Waals surface area contributed by atoms with Crippen molar-refractivity contribution in [1.82, 2.24) is 5.32 Å². The zero-order chi connectivity index (χ0) is 10.5. The smallest absolute Gasteiger partial charge is 0.0248 e. The third-order valence-electron chi connectivity index (χ3n) is 2.56. The molecule has 0 bridgehead atoms. The molecule has 0 aliphatic carbocycles. The summed E-state index contributed by atoms with van der Waals surface area (Å²) in [5.41, 5.74) is 3.99. The van der Waals surface area contributed by atoms with Gasteiger partial charge in [-0.1, -0.05) is 17.9 Å². The highest BCUT2D eigenvalue weighted by molar-refractivity contribution is 7.80. The van der Waals surface area contributed by atoms with Crippen molar-refractivity contribution in [1.29, 1.82) is 0 Å². The molecule has 0 radical (unpaired) electrons. The van der Waals surface area contributed by atoms with Gasteiger partial charge in [0.25, 0.3) is 0 Å². The maximum Gasteiger partial charge on any atom is 0.0248 e. The highest BCUT2D eigenvalue weighted by Gasteiger charge is 2.07. The number of nitrogens with one attached hydrogen (secondary N) is 1. The number of hydrogen-bond donors (Lipinski definition) is 2. The van der Waals surface area contributed by atoms with Gasteiger partial charge in [-0.25, -0.2) is 0 Å². The van der Waals surface area contributed by atoms with Crippen molar-refractivity contribution in [2.24, 2.45) is 0 Å². The lowest BCUT2D eigenvalue weighted by Gasteiger charge is -2.16. The molecule has 0 aromatic heterocycles. The first-order valence-electron chi connectivity index (χ1n) is 5.32. The SMILES string of the molecule is SCCC#Cc1ccc2c(c1)CNCC2. The van der Waals surface area contributed by atoms with Gasteiger partial charge in [-0.15, -0.1) is 0 Å². The van der Waals surface area contributed by atoms with Crippen LogP contribution in [0, 0.1) is 11.8 Å². The fourth-order valence-electron chi connectivity index (χ4n) is 1.78. The molecular weight excluding hydrogens is 202 g/mol. The van der Waals surface area contributed by atoms with Crippen LogP contribution in [0.15, 0.2) is 18.2 Å². The molecule has 0 saturated carbocycles. The van der Waals surface area contributed by atoms with Crippen LogP contribution in [0.1, 0.15) is 23.1 Å². The van der Waals surface area contributed by atoms with E-state index in [1.165, 1.54) is 11.1 Å². The number of hydrogen-bond acceptors (Lipinski definition) is 2. The molecule has 0 spiro atoms. The number of fused-ring (bicyclic) bond motifs is 1. The van der Waals surface area contributed by atoms with Crippen molar-refractivity contribution in [2.75, 3.05) is 12.3 Å². The molecule has 1 nitrogen and oxygen atoms in total. The molecule has 15 heavy (non-hydrogen) atoms. The fraction of sp³-hybridized carbons (Fsp3) is 0.385. The summed E-state index contributed by atoms with van der Waals surface area (Å²) in [5.74, 6) is 7.11. The summed E-state index contributed by atoms with van der Waals surface area (Å²) in [6.07, 6.45) is 2.00. The van der Waals surface area contributed by atoms with Crippen LogP contribution in [0.2, 0.25) is 0 Å². The van der Waals surface area contributed by atoms with Gasteiger partial charge in [0.2, 0.25) is 0 Å². The Balaban J connectivity index is 2.18. The maximum atomic E-state index is 4.13. The van der Waals surface area contributed by atoms with E-state index >= 15 is 0 Å². The van der Waals surface area contributed by atoms with Gasteiger partial charge < -0.3 is 5.32 Å². The standard InChI is InChI=1S/C13H15NS/c15-8-2-1-3-11-4-5-12-6-7-14-10-13(12)9-11/h4-5,9,14-15H,2,6-8,10H2. The Morgan fingerprint density at radius 1 is 1.33 bits per heavy atom. The van der Waals surface area contributed by atoms with Crippen LogP contribution in [-0.4, -0.2) is 12.3 Å². The van der Waals surface area contributed by atoms with Crippen LogP contribution >= 0.6 is 12.6 Å². The van der Waals surface area contributed by atoms with Crippen LogP contribution in [0.25, 0.3) is 0 Å². The second-order valence-electron chi connectivity index (χ2n) is 3.69. The molecule has 2 rings (SSSR count). The molecule has 0 unspecified atom stereocenters. The van der Waals surface area contributed by atoms with Crippen molar-refractivity contribution >= 4 is 12.6 Å². The molecule has 2 heteroatoms. The quantitative estimate of drug-likeness (QED) is 0.541. The highest BCUT2D eigenvalue weighted by atomic mass is 32.1. The van der Waals surface area contributed by atoms with Gasteiger partial charge in [-0.2, -0.15) is 12.6 Å². The summed E-state index contributed by atoms with van der Waals surface area (Å²) in [5, 5.41) is 3.38. The van der Waals surface area contributed by atoms with Gasteiger partial charge in [-0.05, 0) is 36.2 Å². The first-order chi connectivity index (χ1) is 7.40. The molecule has 1 N–H and O–H groups in total. The van der Waals surface area contributed by atoms with Crippen LogP contribution < -0.4 is 5.32 Å². The van der Waals surface area contributed by atoms with Crippen LogP contribution in [-0.2, 0) is 13.0 Å². The Morgan fingerprint density at radius 2 is 2.27 bits per heavy atom. The number of benzene rings is 1. The van der Waals surface area contributed by atoms with Crippen molar-refractivity contribution in [3.63, 3.8) is 0 Å². The van der Waals surface area contributed by atoms with Crippen LogP contribution in [0.5, 0.6) is 0 Å². The molecule has 1 aromatic carbocycles. The summed E-state index contributed by atoms with van der Waals surface area (Å²) in [4.78, 5) is 0. The van der Waals surface area contributed by atoms with Gasteiger partial charge >= 0.3 is 0 Å². The summed E-state index contributed by atoms with van der Waals surface area (Å²) in [6, 6.07) is 6.53. The first kappa shape index (κ1) is 10.6. The summed E-state index contributed by atoms with van der Waals surface area (Å²) >= 11 is 4.13. The summed E-state index contributed by atoms with van der Waals surface area (Å²) in [6.45, 7) is 2.08. The van der Waals surface area contributed by atoms with E-state index in [0.29, 0.717) is 0 Å². The zero-order valence-corrected chi connectivity index (χ0v) is 9.61. The molecule has 1 aliphatic rings. The monoisotopic (exact) mass is 217 g/mol. The predicted octanol–water partition coefficient (Wildman–Crippen LogP) is 2.00. The summed E-state index contributed by atoms with van der Waals surface area (Å²) in [7, 11) is 0. The largest absolute Gasteiger partial charge is 0.312 e. The Bertz CT molecular complexity index is 401. The average molecular weight is 217 g/mol. The van der Waals surface area contributed by atoms with E-state index in [0.717, 1.165) is 37.2 Å². The highest BCUT2D eigenvalue weighted by Crippen LogP contribution is 2.15. The van der Waals surface area contributed by atoms with E-state index in [1.807, 2.05) is 0 Å². The topological polar surface area (TPSA) is 12.0 Å². The second kappa shape index (κ2) is 5.25. The van der Waals surface area contributed by atoms with E-state index in [4.69, 9.17) is 0 Å². The van der Waals surface area contributed by atoms with Crippen molar-refractivity contribution in [3.05, 3.63) is 34.9 Å². The van der Waals surface area contributed by atoms with Gasteiger partial charge in [0, 0.05) is 24.3 Å². The molecule has 0 saturated heterocycles. The zero-order valence-electron chi connectivity index (χ0n) is 8.71. The second-order valence-corrected chi connectivity index (χ2v) is 4.13.